The Kier molecular flexibility index (Phi) is 31.6. The van der Waals surface area contributed by atoms with E-state index >= 15 is 0 Å². The lowest BCUT2D eigenvalue weighted by Crippen LogP contribution is -2.63. The SMILES string of the molecule is CC(C)C[C@H](NC(=O)[C@@H](NC(=O)[C@H](Cc1ccc(O)cc1)NC(=O)[C@H](CO)NC(=O)[C@@H](NC(=O)[C@H](CO)NC(=O)[C@H](Cc1cnc[nH]1)NC(=O)[C@H](Cc1c[nH]c2ccccc12)NC(=O)[C@H](CC(=O)O)NC(=O)[C@@H](NC(=O)CNC(=O)[C@@H](N)CC(C)C)[C@@H](C)O)C(C)C)[C@@H](C)O)C(=O)O. The number of phenols is 1. The second kappa shape index (κ2) is 38.6. The fourth-order valence-electron chi connectivity index (χ4n) is 9.96. The summed E-state index contributed by atoms with van der Waals surface area (Å²) in [5.74, 6) is -16.3. The van der Waals surface area contributed by atoms with Gasteiger partial charge in [0, 0.05) is 48.3 Å². The quantitative estimate of drug-likeness (QED) is 0.0198. The Morgan fingerprint density at radius 2 is 0.959 bits per heavy atom. The van der Waals surface area contributed by atoms with Crippen LogP contribution in [0.15, 0.2) is 67.3 Å². The van der Waals surface area contributed by atoms with E-state index in [1.807, 2.05) is 13.8 Å². The molecule has 0 fully saturated rings. The summed E-state index contributed by atoms with van der Waals surface area (Å²) in [6.45, 7) is 9.29. The summed E-state index contributed by atoms with van der Waals surface area (Å²) in [7, 11) is 0. The number of aromatic hydroxyl groups is 1. The van der Waals surface area contributed by atoms with Crippen LogP contribution in [0.2, 0.25) is 0 Å². The van der Waals surface area contributed by atoms with Gasteiger partial charge in [0.2, 0.25) is 65.0 Å². The number of nitrogens with two attached hydrogens (primary N) is 1. The van der Waals surface area contributed by atoms with E-state index in [0.29, 0.717) is 22.0 Å². The molecule has 11 amide bonds. The number of carbonyl (C=O) groups excluding carboxylic acids is 11. The van der Waals surface area contributed by atoms with Crippen LogP contribution in [0.4, 0.5) is 0 Å². The molecule has 2 aromatic heterocycles. The van der Waals surface area contributed by atoms with Crippen molar-refractivity contribution in [3.63, 3.8) is 0 Å². The second-order valence-corrected chi connectivity index (χ2v) is 24.8. The number of benzene rings is 2. The van der Waals surface area contributed by atoms with E-state index in [0.717, 1.165) is 13.8 Å². The van der Waals surface area contributed by atoms with Crippen molar-refractivity contribution in [2.24, 2.45) is 23.5 Å². The molecule has 0 aliphatic heterocycles. The first-order valence-electron chi connectivity index (χ1n) is 31.5. The average Bonchev–Trinajstić information content (AvgIpc) is 1.60. The third-order valence-electron chi connectivity index (χ3n) is 15.2. The van der Waals surface area contributed by atoms with E-state index in [4.69, 9.17) is 5.73 Å². The Hall–Kier alpha value is -10.1. The van der Waals surface area contributed by atoms with E-state index in [1.165, 1.54) is 56.8 Å². The van der Waals surface area contributed by atoms with Gasteiger partial charge in [0.05, 0.1) is 50.8 Å². The molecule has 0 saturated carbocycles. The zero-order valence-corrected chi connectivity index (χ0v) is 55.4. The van der Waals surface area contributed by atoms with E-state index in [-0.39, 0.29) is 49.0 Å². The number of carbonyl (C=O) groups is 13. The van der Waals surface area contributed by atoms with Gasteiger partial charge in [-0.15, -0.1) is 0 Å². The number of hydrogen-bond donors (Lipinski definition) is 21. The number of phenolic OH excluding ortho intramolecular Hbond substituents is 1. The Morgan fingerprint density at radius 3 is 1.48 bits per heavy atom. The number of aliphatic hydroxyl groups excluding tert-OH is 4. The highest BCUT2D eigenvalue weighted by Gasteiger charge is 2.39. The molecule has 0 spiro atoms. The van der Waals surface area contributed by atoms with Gasteiger partial charge in [0.1, 0.15) is 66.2 Å². The average molecular weight is 1380 g/mol. The number of nitrogens with zero attached hydrogens (tertiary/aromatic N) is 1. The standard InChI is InChI=1S/C63H91N15O20/c1-29(2)17-39(64)53(87)67-25-48(84)76-51(32(7)81)61(95)72-44(22-49(85)86)56(90)70-42(20-35-23-66-40-12-10-9-11-38(35)40)54(88)71-43(21-36-24-65-28-68-36)55(89)74-47(27-80)59(93)77-50(31(5)6)60(94)75-46(26-79)58(92)69-41(19-34-13-15-37(83)16-14-34)57(91)78-52(33(8)82)62(96)73-45(63(97)98)18-30(3)4/h9-16,23-24,28-33,39,41-47,50-52,66,79-83H,17-22,25-27,64H2,1-8H3,(H,65,68)(H,67,87)(H,69,92)(H,70,90)(H,71,88)(H,72,95)(H,73,96)(H,74,89)(H,75,94)(H,76,84)(H,77,93)(H,78,91)(H,85,86)(H,97,98)/t32-,33-,39+,41+,42+,43+,44+,45+,46+,47+,50+,51+,52+/m1/s1. The third-order valence-corrected chi connectivity index (χ3v) is 15.2. The number of aliphatic hydroxyl groups is 4. The Morgan fingerprint density at radius 1 is 0.500 bits per heavy atom. The summed E-state index contributed by atoms with van der Waals surface area (Å²) >= 11 is 0. The summed E-state index contributed by atoms with van der Waals surface area (Å²) in [6.07, 6.45) is -1.22. The summed E-state index contributed by atoms with van der Waals surface area (Å²) in [5, 5.41) is 98.1. The number of aromatic nitrogens is 3. The molecule has 35 heteroatoms. The molecule has 22 N–H and O–H groups in total. The van der Waals surface area contributed by atoms with Gasteiger partial charge in [0.25, 0.3) is 0 Å². The maximum Gasteiger partial charge on any atom is 0.326 e. The number of aliphatic carboxylic acids is 2. The lowest BCUT2D eigenvalue weighted by molar-refractivity contribution is -0.143. The molecule has 0 aliphatic carbocycles. The molecule has 0 saturated heterocycles. The van der Waals surface area contributed by atoms with Crippen LogP contribution >= 0.6 is 0 Å². The lowest BCUT2D eigenvalue weighted by atomic mass is 10.0. The molecule has 2 heterocycles. The van der Waals surface area contributed by atoms with Crippen molar-refractivity contribution >= 4 is 87.8 Å². The number of fused-ring (bicyclic) bond motifs is 1. The second-order valence-electron chi connectivity index (χ2n) is 24.8. The van der Waals surface area contributed by atoms with E-state index in [2.05, 4.69) is 73.4 Å². The highest BCUT2D eigenvalue weighted by atomic mass is 16.4. The Labute approximate surface area is 563 Å². The van der Waals surface area contributed by atoms with Crippen molar-refractivity contribution in [3.05, 3.63) is 84.1 Å². The molecule has 35 nitrogen and oxygen atoms in total. The van der Waals surface area contributed by atoms with Crippen LogP contribution in [-0.4, -0.2) is 226 Å². The molecule has 4 rings (SSSR count). The monoisotopic (exact) mass is 1380 g/mol. The molecular formula is C63H91N15O20. The van der Waals surface area contributed by atoms with Crippen molar-refractivity contribution in [1.82, 2.24) is 73.4 Å². The maximum absolute atomic E-state index is 14.7. The predicted octanol–water partition coefficient (Wildman–Crippen LogP) is -5.03. The van der Waals surface area contributed by atoms with Crippen LogP contribution in [0.25, 0.3) is 10.9 Å². The molecular weight excluding hydrogens is 1290 g/mol. The van der Waals surface area contributed by atoms with Crippen LogP contribution in [0, 0.1) is 17.8 Å². The molecule has 98 heavy (non-hydrogen) atoms. The molecule has 0 bridgehead atoms. The van der Waals surface area contributed by atoms with Crippen LogP contribution in [0.5, 0.6) is 5.75 Å². The number of nitrogens with one attached hydrogen (secondary N) is 13. The Balaban J connectivity index is 1.57. The van der Waals surface area contributed by atoms with Gasteiger partial charge in [-0.1, -0.05) is 71.9 Å². The van der Waals surface area contributed by atoms with Crippen LogP contribution in [0.1, 0.15) is 91.5 Å². The van der Waals surface area contributed by atoms with Gasteiger partial charge in [-0.3, -0.25) is 57.5 Å². The van der Waals surface area contributed by atoms with Crippen molar-refractivity contribution in [2.45, 2.75) is 173 Å². The number of carboxylic acids is 2. The molecule has 0 aliphatic rings. The molecule has 4 aromatic rings. The fourth-order valence-corrected chi connectivity index (χ4v) is 9.96. The third kappa shape index (κ3) is 25.5. The first-order valence-corrected chi connectivity index (χ1v) is 31.5. The van der Waals surface area contributed by atoms with Crippen LogP contribution in [-0.2, 0) is 81.6 Å². The Bertz CT molecular complexity index is 3400. The molecule has 13 atom stereocenters. The zero-order valence-electron chi connectivity index (χ0n) is 55.4. The van der Waals surface area contributed by atoms with Gasteiger partial charge < -0.3 is 110 Å². The minimum absolute atomic E-state index is 0.00909. The summed E-state index contributed by atoms with van der Waals surface area (Å²) in [4.78, 5) is 186. The molecule has 538 valence electrons. The van der Waals surface area contributed by atoms with Crippen LogP contribution in [0.3, 0.4) is 0 Å². The molecule has 0 radical (unpaired) electrons. The van der Waals surface area contributed by atoms with E-state index in [9.17, 15) is 98.1 Å². The van der Waals surface area contributed by atoms with E-state index in [1.54, 1.807) is 38.1 Å². The van der Waals surface area contributed by atoms with Crippen molar-refractivity contribution < 1.29 is 98.1 Å². The van der Waals surface area contributed by atoms with Crippen molar-refractivity contribution in [1.29, 1.82) is 0 Å². The minimum atomic E-state index is -2.01. The summed E-state index contributed by atoms with van der Waals surface area (Å²) in [5.41, 5.74) is 7.45. The van der Waals surface area contributed by atoms with Gasteiger partial charge in [-0.2, -0.15) is 0 Å². The number of hydrogen-bond acceptors (Lipinski definition) is 20. The molecule has 2 aromatic carbocycles. The first-order chi connectivity index (χ1) is 46.1. The number of aromatic amines is 2. The van der Waals surface area contributed by atoms with E-state index < -0.39 is 194 Å². The molecule has 0 unspecified atom stereocenters. The number of para-hydroxylation sites is 1. The topological polar surface area (TPSA) is 566 Å². The van der Waals surface area contributed by atoms with Crippen molar-refractivity contribution in [2.75, 3.05) is 19.8 Å². The first kappa shape index (κ1) is 80.3. The summed E-state index contributed by atoms with van der Waals surface area (Å²) < 4.78 is 0. The predicted molar refractivity (Wildman–Crippen MR) is 348 cm³/mol. The number of H-pyrrole nitrogens is 2. The van der Waals surface area contributed by atoms with Gasteiger partial charge in [-0.05, 0) is 73.8 Å². The largest absolute Gasteiger partial charge is 0.508 e. The highest BCUT2D eigenvalue weighted by Crippen LogP contribution is 2.20. The zero-order chi connectivity index (χ0) is 73.2. The highest BCUT2D eigenvalue weighted by molar-refractivity contribution is 6.00. The summed E-state index contributed by atoms with van der Waals surface area (Å²) in [6, 6.07) is -6.34. The fraction of sp³-hybridized carbons (Fsp3) is 0.524. The normalized spacial score (nSPS) is 15.3. The number of imidazole rings is 1. The van der Waals surface area contributed by atoms with Gasteiger partial charge in [-0.25, -0.2) is 9.78 Å². The smallest absolute Gasteiger partial charge is 0.326 e. The van der Waals surface area contributed by atoms with Crippen LogP contribution < -0.4 is 64.2 Å². The van der Waals surface area contributed by atoms with Crippen molar-refractivity contribution in [3.8, 4) is 5.75 Å². The number of carboxylic acid groups (broad SMARTS) is 2. The number of rotatable bonds is 40. The lowest BCUT2D eigenvalue weighted by Gasteiger charge is -2.29. The maximum atomic E-state index is 14.7. The van der Waals surface area contributed by atoms with Gasteiger partial charge in [0.15, 0.2) is 0 Å². The van der Waals surface area contributed by atoms with Gasteiger partial charge >= 0.3 is 11.9 Å². The minimum Gasteiger partial charge on any atom is -0.508 e. The number of amides is 11.